The molecule has 2 aliphatic rings. The number of ether oxygens (including phenoxy) is 1. The molecule has 8 heteroatoms. The maximum absolute atomic E-state index is 13.3. The highest BCUT2D eigenvalue weighted by atomic mass is 32.2. The summed E-state index contributed by atoms with van der Waals surface area (Å²) in [5.74, 6) is 1.02. The third kappa shape index (κ3) is 8.65. The van der Waals surface area contributed by atoms with Gasteiger partial charge >= 0.3 is 0 Å². The van der Waals surface area contributed by atoms with E-state index in [-0.39, 0.29) is 17.6 Å². The van der Waals surface area contributed by atoms with E-state index >= 15 is 0 Å². The van der Waals surface area contributed by atoms with Gasteiger partial charge in [0.25, 0.3) is 5.91 Å². The Bertz CT molecular complexity index is 1210. The maximum atomic E-state index is 13.3. The first-order valence-corrected chi connectivity index (χ1v) is 14.9. The second-order valence-electron chi connectivity index (χ2n) is 9.97. The fourth-order valence-corrected chi connectivity index (χ4v) is 5.51. The van der Waals surface area contributed by atoms with Crippen molar-refractivity contribution in [3.63, 3.8) is 0 Å². The molecule has 2 N–H and O–H groups in total. The van der Waals surface area contributed by atoms with Crippen molar-refractivity contribution in [3.05, 3.63) is 96.4 Å². The molecule has 1 heterocycles. The lowest BCUT2D eigenvalue weighted by Gasteiger charge is -2.30. The van der Waals surface area contributed by atoms with Gasteiger partial charge in [0.2, 0.25) is 5.91 Å². The minimum Gasteiger partial charge on any atom is -0.378 e. The van der Waals surface area contributed by atoms with E-state index in [1.165, 1.54) is 12.2 Å². The van der Waals surface area contributed by atoms with Gasteiger partial charge < -0.3 is 20.3 Å². The number of carbonyl (C=O) groups excluding carboxylic acids is 2. The third-order valence-corrected chi connectivity index (χ3v) is 8.18. The van der Waals surface area contributed by atoms with E-state index in [1.54, 1.807) is 41.8 Å². The summed E-state index contributed by atoms with van der Waals surface area (Å²) < 4.78 is 18.7. The molecule has 1 unspecified atom stereocenters. The van der Waals surface area contributed by atoms with E-state index in [1.807, 2.05) is 42.5 Å². The Balaban J connectivity index is 1.27. The highest BCUT2D eigenvalue weighted by Crippen LogP contribution is 2.37. The van der Waals surface area contributed by atoms with Gasteiger partial charge in [0.1, 0.15) is 11.9 Å². The highest BCUT2D eigenvalue weighted by molar-refractivity contribution is 7.99. The van der Waals surface area contributed by atoms with Crippen LogP contribution in [0.1, 0.15) is 23.7 Å². The number of allylic oxidation sites excluding steroid dienone is 4. The molecule has 1 aliphatic heterocycles. The molecule has 2 amide bonds. The first-order chi connectivity index (χ1) is 19.5. The van der Waals surface area contributed by atoms with Gasteiger partial charge in [0.05, 0.1) is 13.2 Å². The van der Waals surface area contributed by atoms with Crippen molar-refractivity contribution in [3.8, 4) is 11.1 Å². The fourth-order valence-electron chi connectivity index (χ4n) is 4.62. The van der Waals surface area contributed by atoms with Crippen molar-refractivity contribution in [2.75, 3.05) is 44.4 Å². The van der Waals surface area contributed by atoms with E-state index < -0.39 is 6.04 Å². The Labute approximate surface area is 240 Å². The largest absolute Gasteiger partial charge is 0.378 e. The van der Waals surface area contributed by atoms with Crippen molar-refractivity contribution in [1.82, 2.24) is 15.5 Å². The van der Waals surface area contributed by atoms with Crippen LogP contribution in [-0.2, 0) is 9.53 Å². The predicted octanol–water partition coefficient (Wildman–Crippen LogP) is 5.01. The van der Waals surface area contributed by atoms with Crippen LogP contribution >= 0.6 is 11.8 Å². The Kier molecular flexibility index (Phi) is 11.1. The summed E-state index contributed by atoms with van der Waals surface area (Å²) in [6.07, 6.45) is 5.61. The van der Waals surface area contributed by atoms with Crippen LogP contribution in [0.25, 0.3) is 11.1 Å². The Morgan fingerprint density at radius 3 is 2.50 bits per heavy atom. The van der Waals surface area contributed by atoms with Crippen LogP contribution in [0.3, 0.4) is 0 Å². The average molecular weight is 564 g/mol. The van der Waals surface area contributed by atoms with Crippen LogP contribution in [0.5, 0.6) is 0 Å². The van der Waals surface area contributed by atoms with Gasteiger partial charge in [-0.25, -0.2) is 4.39 Å². The molecule has 1 aliphatic carbocycles. The molecule has 0 aromatic heterocycles. The molecule has 212 valence electrons. The summed E-state index contributed by atoms with van der Waals surface area (Å²) in [5, 5.41) is 6.50. The van der Waals surface area contributed by atoms with Crippen LogP contribution in [0.4, 0.5) is 4.39 Å². The van der Waals surface area contributed by atoms with Gasteiger partial charge in [-0.3, -0.25) is 9.59 Å². The van der Waals surface area contributed by atoms with Crippen LogP contribution < -0.4 is 10.6 Å². The van der Waals surface area contributed by atoms with E-state index in [9.17, 15) is 14.0 Å². The number of carbonyl (C=O) groups is 2. The number of amides is 2. The first kappa shape index (κ1) is 29.8. The molecule has 1 saturated carbocycles. The lowest BCUT2D eigenvalue weighted by atomic mass is 10.0. The van der Waals surface area contributed by atoms with Crippen molar-refractivity contribution < 1.29 is 18.7 Å². The second-order valence-corrected chi connectivity index (χ2v) is 11.1. The zero-order chi connectivity index (χ0) is 28.3. The van der Waals surface area contributed by atoms with Crippen molar-refractivity contribution >= 4 is 23.6 Å². The number of nitrogens with one attached hydrogen (secondary N) is 2. The number of hydrogen-bond donors (Lipinski definition) is 2. The lowest BCUT2D eigenvalue weighted by Crippen LogP contribution is -2.53. The number of rotatable bonds is 13. The van der Waals surface area contributed by atoms with Gasteiger partial charge in [-0.15, -0.1) is 0 Å². The number of thioether (sulfide) groups is 1. The van der Waals surface area contributed by atoms with Crippen molar-refractivity contribution in [1.29, 1.82) is 0 Å². The van der Waals surface area contributed by atoms with Gasteiger partial charge in [0, 0.05) is 48.7 Å². The Morgan fingerprint density at radius 1 is 1.10 bits per heavy atom. The summed E-state index contributed by atoms with van der Waals surface area (Å²) in [6, 6.07) is 17.2. The smallest absolute Gasteiger partial charge is 0.251 e. The van der Waals surface area contributed by atoms with Crippen LogP contribution in [-0.4, -0.2) is 73.2 Å². The predicted molar refractivity (Wildman–Crippen MR) is 161 cm³/mol. The molecule has 40 heavy (non-hydrogen) atoms. The molecule has 2 fully saturated rings. The van der Waals surface area contributed by atoms with E-state index in [4.69, 9.17) is 4.74 Å². The van der Waals surface area contributed by atoms with Crippen molar-refractivity contribution in [2.45, 2.75) is 25.4 Å². The van der Waals surface area contributed by atoms with Crippen LogP contribution in [0, 0.1) is 5.92 Å². The standard InChI is InChI=1S/C32H38FN3O3S/c1-3-27(33)14-9-23(2)28-21-29(28)34-15-20-40-22-30(32(38)36-16-18-39-19-17-36)35-31(37)26-12-10-25(11-13-26)24-7-5-4-6-8-24/h3-14,28-30,34H,2,15-22H2,1H3,(H,35,37)/b14-9-,27-3+/t28-,29?,30-/m0/s1. The monoisotopic (exact) mass is 563 g/mol. The molecule has 0 radical (unpaired) electrons. The number of benzene rings is 2. The van der Waals surface area contributed by atoms with Gasteiger partial charge in [0.15, 0.2) is 0 Å². The Hall–Kier alpha value is -3.20. The molecule has 4 rings (SSSR count). The van der Waals surface area contributed by atoms with Gasteiger partial charge in [-0.1, -0.05) is 66.8 Å². The SMILES string of the molecule is C=C(/C=C\C(F)=C/C)[C@@H]1CC1NCCSC[C@H](NC(=O)c1ccc(-c2ccccc2)cc1)C(=O)N1CCOCC1. The average Bonchev–Trinajstić information content (AvgIpc) is 3.79. The number of morpholine rings is 1. The molecule has 2 aromatic rings. The summed E-state index contributed by atoms with van der Waals surface area (Å²) in [5.41, 5.74) is 3.57. The molecule has 1 saturated heterocycles. The van der Waals surface area contributed by atoms with Crippen LogP contribution in [0.15, 0.2) is 90.8 Å². The summed E-state index contributed by atoms with van der Waals surface area (Å²) in [7, 11) is 0. The normalized spacial score (nSPS) is 19.9. The minimum absolute atomic E-state index is 0.0725. The Morgan fingerprint density at radius 2 is 1.80 bits per heavy atom. The third-order valence-electron chi connectivity index (χ3n) is 7.12. The molecule has 2 aromatic carbocycles. The number of halogens is 1. The fraction of sp³-hybridized carbons (Fsp3) is 0.375. The molecule has 0 spiro atoms. The number of hydrogen-bond acceptors (Lipinski definition) is 5. The maximum Gasteiger partial charge on any atom is 0.251 e. The molecule has 6 nitrogen and oxygen atoms in total. The number of nitrogens with zero attached hydrogens (tertiary/aromatic N) is 1. The highest BCUT2D eigenvalue weighted by Gasteiger charge is 2.37. The summed E-state index contributed by atoms with van der Waals surface area (Å²) in [4.78, 5) is 28.2. The zero-order valence-corrected chi connectivity index (χ0v) is 23.8. The second kappa shape index (κ2) is 15.0. The van der Waals surface area contributed by atoms with Gasteiger partial charge in [-0.2, -0.15) is 11.8 Å². The van der Waals surface area contributed by atoms with E-state index in [0.717, 1.165) is 35.4 Å². The van der Waals surface area contributed by atoms with E-state index in [0.29, 0.717) is 49.6 Å². The van der Waals surface area contributed by atoms with E-state index in [2.05, 4.69) is 17.2 Å². The molecule has 3 atom stereocenters. The van der Waals surface area contributed by atoms with Gasteiger partial charge in [-0.05, 0) is 42.7 Å². The van der Waals surface area contributed by atoms with Crippen molar-refractivity contribution in [2.24, 2.45) is 5.92 Å². The molecule has 0 bridgehead atoms. The minimum atomic E-state index is -0.621. The molecular weight excluding hydrogens is 525 g/mol. The zero-order valence-electron chi connectivity index (χ0n) is 23.0. The van der Waals surface area contributed by atoms with Crippen LogP contribution in [0.2, 0.25) is 0 Å². The summed E-state index contributed by atoms with van der Waals surface area (Å²) >= 11 is 1.64. The molecular formula is C32H38FN3O3S. The topological polar surface area (TPSA) is 70.7 Å². The summed E-state index contributed by atoms with van der Waals surface area (Å²) in [6.45, 7) is 8.58. The first-order valence-electron chi connectivity index (χ1n) is 13.8. The quantitative estimate of drug-likeness (QED) is 0.265. The lowest BCUT2D eigenvalue weighted by molar-refractivity contribution is -0.136.